The number of rotatable bonds is 0. The molecule has 0 amide bonds. The van der Waals surface area contributed by atoms with E-state index in [0.29, 0.717) is 0 Å². The number of imidazole rings is 2. The van der Waals surface area contributed by atoms with E-state index in [0.717, 1.165) is 0 Å². The first kappa shape index (κ1) is 107. The third-order valence-corrected chi connectivity index (χ3v) is 3.19. The van der Waals surface area contributed by atoms with Gasteiger partial charge in [0, 0.05) is 241 Å². The van der Waals surface area contributed by atoms with Gasteiger partial charge >= 0.3 is 0 Å². The molecule has 15 heteroatoms. The zero-order valence-corrected chi connectivity index (χ0v) is 52.0. The van der Waals surface area contributed by atoms with Gasteiger partial charge in [-0.25, -0.2) is 16.3 Å². The van der Waals surface area contributed by atoms with Crippen molar-refractivity contribution >= 4 is 0 Å². The number of tetrazole rings is 1. The van der Waals surface area contributed by atoms with Gasteiger partial charge in [0.15, 0.2) is 0 Å². The minimum atomic E-state index is 0. The third kappa shape index (κ3) is 124. The average molecular weight is 1160 g/mol. The smallest absolute Gasteiger partial charge is 0.0943 e. The van der Waals surface area contributed by atoms with E-state index in [1.54, 1.807) is 32.1 Å². The van der Waals surface area contributed by atoms with Crippen LogP contribution in [0.15, 0.2) is 86.5 Å². The Morgan fingerprint density at radius 1 is 0.411 bits per heavy atom. The molecule has 323 valence electrons. The average Bonchev–Trinajstić information content (AvgIpc) is 3.83. The molecule has 0 spiro atoms. The van der Waals surface area contributed by atoms with E-state index in [4.69, 9.17) is 0 Å². The Balaban J connectivity index is -0.0000000225. The summed E-state index contributed by atoms with van der Waals surface area (Å²) < 4.78 is 9.18. The second-order valence-electron chi connectivity index (χ2n) is 8.94. The molecule has 5 heterocycles. The molecule has 5 rings (SSSR count). The van der Waals surface area contributed by atoms with Gasteiger partial charge in [-0.15, -0.1) is 0 Å². The van der Waals surface area contributed by atoms with Crippen LogP contribution in [0.1, 0.15) is 84.1 Å². The molecule has 10 nitrogen and oxygen atoms in total. The Bertz CT molecular complexity index is 833. The number of aromatic nitrogens is 10. The molecule has 0 aliphatic heterocycles. The molecule has 5 radical (unpaired) electrons. The Hall–Kier alpha value is 1.57. The first-order valence-corrected chi connectivity index (χ1v) is 14.8. The second-order valence-corrected chi connectivity index (χ2v) is 8.94. The van der Waals surface area contributed by atoms with Gasteiger partial charge in [-0.2, -0.15) is 69.2 Å². The predicted molar refractivity (Wildman–Crippen MR) is 232 cm³/mol. The van der Waals surface area contributed by atoms with Crippen molar-refractivity contribution in [2.45, 2.75) is 84.1 Å². The van der Waals surface area contributed by atoms with Crippen LogP contribution in [-0.2, 0) is 199 Å². The molecule has 0 aliphatic carbocycles. The normalized spacial score (nSPS) is 6.34. The van der Waals surface area contributed by atoms with Crippen LogP contribution in [0.3, 0.4) is 0 Å². The topological polar surface area (TPSA) is 89.1 Å². The van der Waals surface area contributed by atoms with E-state index in [1.165, 1.54) is 4.68 Å². The number of hydrogen-bond donors (Lipinski definition) is 0. The molecule has 0 bridgehead atoms. The number of aryl methyl sites for hydroxylation is 5. The van der Waals surface area contributed by atoms with E-state index in [2.05, 4.69) is 31.8 Å². The molecule has 0 saturated heterocycles. The number of hydrogen-bond acceptors (Lipinski definition) is 5. The summed E-state index contributed by atoms with van der Waals surface area (Å²) in [4.78, 5) is 7.57. The maximum Gasteiger partial charge on any atom is 0.0943 e. The maximum absolute atomic E-state index is 3.78. The Kier molecular flexibility index (Phi) is 192. The van der Waals surface area contributed by atoms with Crippen LogP contribution in [0.4, 0.5) is 0 Å². The Morgan fingerprint density at radius 2 is 0.643 bits per heavy atom. The summed E-state index contributed by atoms with van der Waals surface area (Å²) in [7, 11) is 9.58. The summed E-state index contributed by atoms with van der Waals surface area (Å²) in [5, 5.41) is 9.94. The van der Waals surface area contributed by atoms with E-state index in [-0.39, 0.29) is 208 Å². The second kappa shape index (κ2) is 101. The van der Waals surface area contributed by atoms with Crippen molar-refractivity contribution in [1.29, 1.82) is 0 Å². The number of nitrogens with zero attached hydrogens (tertiary/aromatic N) is 10. The standard InChI is InChI=1S/2C5H7N.2C4H6N2.5C3H7.C2H3N4.2CH4.4CH3.5Y/c2*1-6-4-2-3-5-6;2*1-6-3-2-5-4-6;5*1-3-2;1-6-2-3-4-5-6;;;;;;;;;;;/h2*2-5H,1H3;2*2-4H,1H3;5*3H,1-2H3;1H3;2*1H4;4*1H3;;;;;/q;;;;6*-1;;;4*-1;;;;;. The molecule has 5 aromatic heterocycles. The van der Waals surface area contributed by atoms with Gasteiger partial charge in [-0.05, 0) is 31.3 Å². The Morgan fingerprint density at radius 3 is 0.696 bits per heavy atom. The van der Waals surface area contributed by atoms with Gasteiger partial charge in [0.05, 0.1) is 12.7 Å². The van der Waals surface area contributed by atoms with Crippen LogP contribution in [0.5, 0.6) is 0 Å². The van der Waals surface area contributed by atoms with E-state index in [9.17, 15) is 0 Å². The van der Waals surface area contributed by atoms with Crippen LogP contribution in [0, 0.1) is 68.1 Å². The Labute approximate surface area is 478 Å². The maximum atomic E-state index is 3.78. The van der Waals surface area contributed by atoms with Crippen LogP contribution < -0.4 is 0 Å². The SMILES string of the molecule is C.C.C[CH-]C.C[CH-]C.C[CH-]C.C[CH-]C.C[CH-]C.Cn1[c-]nnn1.Cn1cccc1.Cn1cccc1.Cn1ccnc1.Cn1ccnc1.[CH3-].[CH3-].[CH3-].[CH3-].[Y].[Y].[Y].[Y].[Y]. The van der Waals surface area contributed by atoms with Gasteiger partial charge < -0.3 is 89.9 Å². The van der Waals surface area contributed by atoms with Crippen molar-refractivity contribution in [2.75, 3.05) is 0 Å². The molecule has 56 heavy (non-hydrogen) atoms. The molecular formula is C41H84N10Y5-10. The first-order valence-electron chi connectivity index (χ1n) is 14.8. The molecule has 0 fully saturated rings. The van der Waals surface area contributed by atoms with Crippen LogP contribution in [0.25, 0.3) is 0 Å². The molecule has 0 saturated carbocycles. The first-order chi connectivity index (χ1) is 21.5. The largest absolute Gasteiger partial charge is 0.410 e. The molecule has 0 unspecified atom stereocenters. The van der Waals surface area contributed by atoms with Gasteiger partial charge in [0.2, 0.25) is 0 Å². The molecule has 0 N–H and O–H groups in total. The predicted octanol–water partition coefficient (Wildman–Crippen LogP) is 11.1. The van der Waals surface area contributed by atoms with Gasteiger partial charge in [0.25, 0.3) is 0 Å². The van der Waals surface area contributed by atoms with Gasteiger partial charge in [0.1, 0.15) is 0 Å². The van der Waals surface area contributed by atoms with Crippen molar-refractivity contribution in [3.05, 3.63) is 155 Å². The van der Waals surface area contributed by atoms with Crippen molar-refractivity contribution < 1.29 is 164 Å². The quantitative estimate of drug-likeness (QED) is 0.144. The zero-order chi connectivity index (χ0) is 35.6. The summed E-state index contributed by atoms with van der Waals surface area (Å²) in [6, 6.07) is 8.00. The van der Waals surface area contributed by atoms with E-state index >= 15 is 0 Å². The van der Waals surface area contributed by atoms with Crippen LogP contribution >= 0.6 is 0 Å². The van der Waals surface area contributed by atoms with Crippen LogP contribution in [0.2, 0.25) is 0 Å². The summed E-state index contributed by atoms with van der Waals surface area (Å²) in [5.74, 6) is 0. The third-order valence-electron chi connectivity index (χ3n) is 3.19. The van der Waals surface area contributed by atoms with Gasteiger partial charge in [-0.1, -0.05) is 25.3 Å². The fourth-order valence-electron chi connectivity index (χ4n) is 1.68. The molecule has 0 aromatic carbocycles. The van der Waals surface area contributed by atoms with E-state index in [1.807, 2.05) is 209 Å². The minimum absolute atomic E-state index is 0. The summed E-state index contributed by atoms with van der Waals surface area (Å²) in [6.45, 7) is 20.0. The monoisotopic (exact) mass is 1160 g/mol. The fourth-order valence-corrected chi connectivity index (χ4v) is 1.68. The minimum Gasteiger partial charge on any atom is -0.410 e. The van der Waals surface area contributed by atoms with Crippen molar-refractivity contribution in [3.63, 3.8) is 0 Å². The van der Waals surface area contributed by atoms with E-state index < -0.39 is 0 Å². The zero-order valence-electron chi connectivity index (χ0n) is 37.8. The summed E-state index contributed by atoms with van der Waals surface area (Å²) in [6.07, 6.45) is 31.2. The molecule has 0 atom stereocenters. The molecule has 0 aliphatic rings. The van der Waals surface area contributed by atoms with Crippen molar-refractivity contribution in [3.8, 4) is 0 Å². The van der Waals surface area contributed by atoms with Crippen molar-refractivity contribution in [2.24, 2.45) is 35.2 Å². The van der Waals surface area contributed by atoms with Crippen LogP contribution in [-0.4, -0.2) is 48.4 Å². The van der Waals surface area contributed by atoms with Gasteiger partial charge in [-0.3, -0.25) is 0 Å². The fraction of sp³-hybridized carbons (Fsp3) is 0.415. The summed E-state index contributed by atoms with van der Waals surface area (Å²) >= 11 is 0. The molecule has 5 aromatic rings. The summed E-state index contributed by atoms with van der Waals surface area (Å²) in [5.41, 5.74) is 0. The molecular weight excluding hydrogens is 1080 g/mol. The van der Waals surface area contributed by atoms with Crippen molar-refractivity contribution in [1.82, 2.24) is 48.4 Å².